The minimum atomic E-state index is -0.0332. The van der Waals surface area contributed by atoms with Crippen LogP contribution in [0.5, 0.6) is 0 Å². The van der Waals surface area contributed by atoms with Crippen molar-refractivity contribution < 1.29 is 9.59 Å². The fraction of sp³-hybridized carbons (Fsp3) is 0.368. The minimum absolute atomic E-state index is 0.0332. The largest absolute Gasteiger partial charge is 0.351 e. The number of nitrogens with zero attached hydrogens (tertiary/aromatic N) is 2. The summed E-state index contributed by atoms with van der Waals surface area (Å²) in [5.41, 5.74) is 0.717. The van der Waals surface area contributed by atoms with Gasteiger partial charge in [-0.15, -0.1) is 0 Å². The van der Waals surface area contributed by atoms with E-state index in [-0.39, 0.29) is 11.8 Å². The zero-order chi connectivity index (χ0) is 16.9. The number of hydrogen-bond donors (Lipinski definition) is 1. The third-order valence-electron chi connectivity index (χ3n) is 4.57. The van der Waals surface area contributed by atoms with Gasteiger partial charge in [0.05, 0.1) is 0 Å². The number of fused-ring (bicyclic) bond motifs is 1. The van der Waals surface area contributed by atoms with Crippen LogP contribution >= 0.6 is 0 Å². The molecule has 1 fully saturated rings. The molecule has 1 saturated heterocycles. The van der Waals surface area contributed by atoms with Gasteiger partial charge >= 0.3 is 0 Å². The molecule has 0 radical (unpaired) electrons. The molecule has 0 bridgehead atoms. The molecule has 5 heteroatoms. The number of benzene rings is 2. The highest BCUT2D eigenvalue weighted by Crippen LogP contribution is 2.18. The van der Waals surface area contributed by atoms with Gasteiger partial charge in [0, 0.05) is 51.8 Å². The van der Waals surface area contributed by atoms with Crippen LogP contribution < -0.4 is 5.32 Å². The highest BCUT2D eigenvalue weighted by molar-refractivity contribution is 6.06. The molecule has 2 aromatic carbocycles. The molecule has 2 amide bonds. The molecule has 0 saturated carbocycles. The first-order chi connectivity index (χ1) is 11.6. The van der Waals surface area contributed by atoms with Crippen molar-refractivity contribution in [3.05, 3.63) is 48.0 Å². The van der Waals surface area contributed by atoms with Gasteiger partial charge in [0.25, 0.3) is 5.91 Å². The van der Waals surface area contributed by atoms with Crippen LogP contribution in [0.4, 0.5) is 0 Å². The van der Waals surface area contributed by atoms with Crippen LogP contribution in [0.1, 0.15) is 17.3 Å². The number of carbonyl (C=O) groups excluding carboxylic acids is 2. The van der Waals surface area contributed by atoms with Crippen LogP contribution in [0.25, 0.3) is 10.8 Å². The fourth-order valence-corrected chi connectivity index (χ4v) is 3.13. The van der Waals surface area contributed by atoms with Gasteiger partial charge in [0.1, 0.15) is 0 Å². The quantitative estimate of drug-likeness (QED) is 0.931. The second-order valence-electron chi connectivity index (χ2n) is 6.13. The van der Waals surface area contributed by atoms with E-state index in [9.17, 15) is 9.59 Å². The van der Waals surface area contributed by atoms with E-state index in [1.807, 2.05) is 47.4 Å². The van der Waals surface area contributed by atoms with Crippen molar-refractivity contribution in [2.24, 2.45) is 0 Å². The lowest BCUT2D eigenvalue weighted by molar-refractivity contribution is -0.130. The van der Waals surface area contributed by atoms with Gasteiger partial charge in [-0.25, -0.2) is 0 Å². The maximum Gasteiger partial charge on any atom is 0.251 e. The van der Waals surface area contributed by atoms with E-state index in [4.69, 9.17) is 0 Å². The van der Waals surface area contributed by atoms with E-state index in [0.29, 0.717) is 6.54 Å². The fourth-order valence-electron chi connectivity index (χ4n) is 3.13. The Balaban J connectivity index is 1.52. The summed E-state index contributed by atoms with van der Waals surface area (Å²) in [4.78, 5) is 27.9. The average Bonchev–Trinajstić information content (AvgIpc) is 2.61. The van der Waals surface area contributed by atoms with Crippen LogP contribution in [0.15, 0.2) is 42.5 Å². The van der Waals surface area contributed by atoms with Gasteiger partial charge < -0.3 is 10.2 Å². The normalized spacial score (nSPS) is 15.5. The Labute approximate surface area is 142 Å². The molecule has 0 aliphatic carbocycles. The highest BCUT2D eigenvalue weighted by Gasteiger charge is 2.18. The Morgan fingerprint density at radius 3 is 2.46 bits per heavy atom. The molecule has 1 aliphatic rings. The molecule has 2 aromatic rings. The summed E-state index contributed by atoms with van der Waals surface area (Å²) in [5.74, 6) is 0.105. The van der Waals surface area contributed by atoms with E-state index in [1.165, 1.54) is 0 Å². The van der Waals surface area contributed by atoms with E-state index in [1.54, 1.807) is 6.92 Å². The second kappa shape index (κ2) is 7.45. The first-order valence-electron chi connectivity index (χ1n) is 8.39. The molecule has 0 spiro atoms. The van der Waals surface area contributed by atoms with Crippen molar-refractivity contribution >= 4 is 22.6 Å². The SMILES string of the molecule is CC(=O)N1CCN(CCNC(=O)c2cccc3ccccc23)CC1. The van der Waals surface area contributed by atoms with E-state index in [0.717, 1.165) is 49.1 Å². The first kappa shape index (κ1) is 16.5. The summed E-state index contributed by atoms with van der Waals surface area (Å²) >= 11 is 0. The van der Waals surface area contributed by atoms with Crippen molar-refractivity contribution in [3.63, 3.8) is 0 Å². The van der Waals surface area contributed by atoms with Crippen LogP contribution in [-0.4, -0.2) is 60.9 Å². The predicted molar refractivity (Wildman–Crippen MR) is 95.0 cm³/mol. The van der Waals surface area contributed by atoms with Crippen molar-refractivity contribution in [3.8, 4) is 0 Å². The van der Waals surface area contributed by atoms with Gasteiger partial charge in [-0.3, -0.25) is 14.5 Å². The predicted octanol–water partition coefficient (Wildman–Crippen LogP) is 1.73. The Morgan fingerprint density at radius 1 is 1.00 bits per heavy atom. The Kier molecular flexibility index (Phi) is 5.11. The Bertz CT molecular complexity index is 731. The summed E-state index contributed by atoms with van der Waals surface area (Å²) in [6.45, 7) is 6.30. The summed E-state index contributed by atoms with van der Waals surface area (Å²) in [6.07, 6.45) is 0. The summed E-state index contributed by atoms with van der Waals surface area (Å²) < 4.78 is 0. The zero-order valence-corrected chi connectivity index (χ0v) is 14.0. The lowest BCUT2D eigenvalue weighted by Crippen LogP contribution is -2.49. The van der Waals surface area contributed by atoms with E-state index in [2.05, 4.69) is 10.2 Å². The lowest BCUT2D eigenvalue weighted by Gasteiger charge is -2.34. The number of hydrogen-bond acceptors (Lipinski definition) is 3. The van der Waals surface area contributed by atoms with Crippen LogP contribution in [0, 0.1) is 0 Å². The van der Waals surface area contributed by atoms with Gasteiger partial charge in [0.15, 0.2) is 0 Å². The molecular weight excluding hydrogens is 302 g/mol. The highest BCUT2D eigenvalue weighted by atomic mass is 16.2. The summed E-state index contributed by atoms with van der Waals surface area (Å²) in [7, 11) is 0. The van der Waals surface area contributed by atoms with Crippen molar-refractivity contribution in [1.29, 1.82) is 0 Å². The molecule has 0 atom stereocenters. The Morgan fingerprint density at radius 2 is 1.71 bits per heavy atom. The lowest BCUT2D eigenvalue weighted by atomic mass is 10.0. The average molecular weight is 325 g/mol. The number of amides is 2. The molecule has 3 rings (SSSR count). The monoisotopic (exact) mass is 325 g/mol. The van der Waals surface area contributed by atoms with E-state index < -0.39 is 0 Å². The van der Waals surface area contributed by atoms with Gasteiger partial charge in [-0.2, -0.15) is 0 Å². The molecule has 24 heavy (non-hydrogen) atoms. The molecule has 0 unspecified atom stereocenters. The second-order valence-corrected chi connectivity index (χ2v) is 6.13. The molecule has 5 nitrogen and oxygen atoms in total. The Hall–Kier alpha value is -2.40. The standard InChI is InChI=1S/C19H23N3O2/c1-15(23)22-13-11-21(12-14-22)10-9-20-19(24)18-8-4-6-16-5-2-3-7-17(16)18/h2-8H,9-14H2,1H3,(H,20,24). The number of rotatable bonds is 4. The third kappa shape index (κ3) is 3.74. The summed E-state index contributed by atoms with van der Waals surface area (Å²) in [6, 6.07) is 13.7. The first-order valence-corrected chi connectivity index (χ1v) is 8.39. The molecule has 0 aromatic heterocycles. The summed E-state index contributed by atoms with van der Waals surface area (Å²) in [5, 5.41) is 5.06. The molecule has 126 valence electrons. The molecule has 1 heterocycles. The number of nitrogens with one attached hydrogen (secondary N) is 1. The smallest absolute Gasteiger partial charge is 0.251 e. The van der Waals surface area contributed by atoms with Gasteiger partial charge in [-0.05, 0) is 16.8 Å². The molecule has 1 aliphatic heterocycles. The molecular formula is C19H23N3O2. The van der Waals surface area contributed by atoms with Crippen molar-refractivity contribution in [2.75, 3.05) is 39.3 Å². The minimum Gasteiger partial charge on any atom is -0.351 e. The topological polar surface area (TPSA) is 52.7 Å². The van der Waals surface area contributed by atoms with Gasteiger partial charge in [-0.1, -0.05) is 36.4 Å². The van der Waals surface area contributed by atoms with Crippen LogP contribution in [-0.2, 0) is 4.79 Å². The van der Waals surface area contributed by atoms with Crippen molar-refractivity contribution in [1.82, 2.24) is 15.1 Å². The third-order valence-corrected chi connectivity index (χ3v) is 4.57. The number of carbonyl (C=O) groups is 2. The maximum absolute atomic E-state index is 12.5. The van der Waals surface area contributed by atoms with E-state index >= 15 is 0 Å². The van der Waals surface area contributed by atoms with Crippen molar-refractivity contribution in [2.45, 2.75) is 6.92 Å². The van der Waals surface area contributed by atoms with Gasteiger partial charge in [0.2, 0.25) is 5.91 Å². The van der Waals surface area contributed by atoms with Crippen LogP contribution in [0.3, 0.4) is 0 Å². The van der Waals surface area contributed by atoms with Crippen LogP contribution in [0.2, 0.25) is 0 Å². The maximum atomic E-state index is 12.5. The number of piperazine rings is 1. The molecule has 1 N–H and O–H groups in total. The zero-order valence-electron chi connectivity index (χ0n) is 14.0.